The number of hydrogen-bond donors (Lipinski definition) is 3. The zero-order valence-electron chi connectivity index (χ0n) is 17.4. The highest BCUT2D eigenvalue weighted by atomic mass is 35.5. The smallest absolute Gasteiger partial charge is 0.251 e. The van der Waals surface area contributed by atoms with Crippen molar-refractivity contribution in [3.8, 4) is 0 Å². The van der Waals surface area contributed by atoms with E-state index in [-0.39, 0.29) is 18.1 Å². The Labute approximate surface area is 182 Å². The molecule has 3 N–H and O–H groups in total. The Kier molecular flexibility index (Phi) is 6.95. The number of halogens is 1. The molecule has 1 aromatic carbocycles. The number of carbonyl (C=O) groups excluding carboxylic acids is 1. The van der Waals surface area contributed by atoms with Crippen molar-refractivity contribution >= 4 is 28.4 Å². The summed E-state index contributed by atoms with van der Waals surface area (Å²) in [4.78, 5) is 20.0. The van der Waals surface area contributed by atoms with Crippen LogP contribution < -0.4 is 5.32 Å². The Bertz CT molecular complexity index is 867. The molecule has 7 nitrogen and oxygen atoms in total. The Morgan fingerprint density at radius 1 is 1.37 bits per heavy atom. The number of aliphatic hydroxyl groups excluding tert-OH is 1. The van der Waals surface area contributed by atoms with Crippen LogP contribution >= 0.6 is 11.6 Å². The van der Waals surface area contributed by atoms with Gasteiger partial charge in [-0.25, -0.2) is 0 Å². The Morgan fingerprint density at radius 3 is 3.03 bits per heavy atom. The fourth-order valence-electron chi connectivity index (χ4n) is 4.43. The first-order chi connectivity index (χ1) is 14.5. The third-order valence-corrected chi connectivity index (χ3v) is 6.47. The number of amides is 1. The SMILES string of the molecule is CN(C(O)NCc1cc2cc(Cl)ccc2[nH]1)[C@@H]1CCCN(C(=O)C2CCCCO2)C1. The highest BCUT2D eigenvalue weighted by Crippen LogP contribution is 2.22. The summed E-state index contributed by atoms with van der Waals surface area (Å²) >= 11 is 6.05. The zero-order chi connectivity index (χ0) is 21.1. The summed E-state index contributed by atoms with van der Waals surface area (Å²) in [5, 5.41) is 15.6. The third kappa shape index (κ3) is 4.98. The summed E-state index contributed by atoms with van der Waals surface area (Å²) in [6, 6.07) is 7.87. The van der Waals surface area contributed by atoms with Crippen LogP contribution in [0.25, 0.3) is 10.9 Å². The van der Waals surface area contributed by atoms with Crippen molar-refractivity contribution in [1.29, 1.82) is 0 Å². The quantitative estimate of drug-likeness (QED) is 0.609. The lowest BCUT2D eigenvalue weighted by Crippen LogP contribution is -2.56. The maximum absolute atomic E-state index is 12.8. The van der Waals surface area contributed by atoms with E-state index in [4.69, 9.17) is 16.3 Å². The highest BCUT2D eigenvalue weighted by Gasteiger charge is 2.33. The Morgan fingerprint density at radius 2 is 2.23 bits per heavy atom. The summed E-state index contributed by atoms with van der Waals surface area (Å²) in [7, 11) is 1.90. The van der Waals surface area contributed by atoms with Crippen LogP contribution in [0.1, 0.15) is 37.8 Å². The minimum Gasteiger partial charge on any atom is -0.368 e. The number of ether oxygens (including phenoxy) is 1. The summed E-state index contributed by atoms with van der Waals surface area (Å²) in [6.07, 6.45) is 3.70. The van der Waals surface area contributed by atoms with E-state index < -0.39 is 6.35 Å². The first-order valence-electron chi connectivity index (χ1n) is 10.8. The van der Waals surface area contributed by atoms with Crippen LogP contribution in [0, 0.1) is 0 Å². The van der Waals surface area contributed by atoms with Crippen LogP contribution in [0.5, 0.6) is 0 Å². The minimum absolute atomic E-state index is 0.104. The third-order valence-electron chi connectivity index (χ3n) is 6.24. The van der Waals surface area contributed by atoms with Crippen molar-refractivity contribution in [2.24, 2.45) is 0 Å². The van der Waals surface area contributed by atoms with Crippen LogP contribution in [0.15, 0.2) is 24.3 Å². The molecule has 8 heteroatoms. The molecule has 0 aliphatic carbocycles. The summed E-state index contributed by atoms with van der Waals surface area (Å²) in [6.45, 7) is 2.57. The molecule has 164 valence electrons. The maximum atomic E-state index is 12.8. The van der Waals surface area contributed by atoms with Crippen molar-refractivity contribution in [3.05, 3.63) is 35.0 Å². The van der Waals surface area contributed by atoms with Gasteiger partial charge in [-0.15, -0.1) is 0 Å². The zero-order valence-corrected chi connectivity index (χ0v) is 18.2. The predicted molar refractivity (Wildman–Crippen MR) is 117 cm³/mol. The van der Waals surface area contributed by atoms with E-state index in [1.165, 1.54) is 0 Å². The van der Waals surface area contributed by atoms with E-state index in [1.807, 2.05) is 41.1 Å². The molecule has 2 aliphatic heterocycles. The molecule has 1 amide bonds. The number of nitrogens with zero attached hydrogens (tertiary/aromatic N) is 2. The number of fused-ring (bicyclic) bond motifs is 1. The number of rotatable bonds is 6. The molecule has 2 aromatic rings. The van der Waals surface area contributed by atoms with Gasteiger partial charge in [-0.3, -0.25) is 15.0 Å². The first kappa shape index (κ1) is 21.6. The van der Waals surface area contributed by atoms with Gasteiger partial charge in [-0.2, -0.15) is 0 Å². The van der Waals surface area contributed by atoms with Crippen LogP contribution in [0.4, 0.5) is 0 Å². The number of likely N-dealkylation sites (N-methyl/N-ethyl adjacent to an activating group) is 1. The molecule has 0 radical (unpaired) electrons. The van der Waals surface area contributed by atoms with Gasteiger partial charge in [0.15, 0.2) is 6.35 Å². The molecule has 0 saturated carbocycles. The topological polar surface area (TPSA) is 80.8 Å². The molecule has 4 rings (SSSR count). The Hall–Kier alpha value is -1.64. The van der Waals surface area contributed by atoms with Gasteiger partial charge in [0.05, 0.1) is 0 Å². The largest absolute Gasteiger partial charge is 0.368 e. The van der Waals surface area contributed by atoms with Gasteiger partial charge in [-0.1, -0.05) is 11.6 Å². The number of aromatic nitrogens is 1. The number of aromatic amines is 1. The first-order valence-corrected chi connectivity index (χ1v) is 11.2. The van der Waals surface area contributed by atoms with Crippen LogP contribution in [-0.2, 0) is 16.1 Å². The minimum atomic E-state index is -0.800. The van der Waals surface area contributed by atoms with Gasteiger partial charge >= 0.3 is 0 Å². The number of H-pyrrole nitrogens is 1. The number of aliphatic hydroxyl groups is 1. The average Bonchev–Trinajstić information content (AvgIpc) is 3.19. The van der Waals surface area contributed by atoms with E-state index in [0.717, 1.165) is 55.2 Å². The molecule has 2 saturated heterocycles. The molecule has 1 aromatic heterocycles. The molecule has 2 aliphatic rings. The Balaban J connectivity index is 1.31. The predicted octanol–water partition coefficient (Wildman–Crippen LogP) is 2.68. The van der Waals surface area contributed by atoms with E-state index in [2.05, 4.69) is 10.3 Å². The number of piperidine rings is 1. The van der Waals surface area contributed by atoms with E-state index >= 15 is 0 Å². The second-order valence-electron chi connectivity index (χ2n) is 8.38. The summed E-state index contributed by atoms with van der Waals surface area (Å²) in [5.74, 6) is 0.104. The average molecular weight is 435 g/mol. The summed E-state index contributed by atoms with van der Waals surface area (Å²) < 4.78 is 5.68. The molecule has 0 bridgehead atoms. The van der Waals surface area contributed by atoms with Gasteiger partial charge in [0.1, 0.15) is 6.10 Å². The monoisotopic (exact) mass is 434 g/mol. The standard InChI is InChI=1S/C22H31ClN4O3/c1-26(18-5-4-9-27(14-18)21(28)20-6-2-3-10-30-20)22(29)24-13-17-12-15-11-16(23)7-8-19(15)25-17/h7-8,11-12,18,20,22,24-25,29H,2-6,9-10,13-14H2,1H3/t18-,20?,22?/m1/s1. The number of benzene rings is 1. The molecule has 30 heavy (non-hydrogen) atoms. The van der Waals surface area contributed by atoms with Crippen molar-refractivity contribution < 1.29 is 14.6 Å². The second kappa shape index (κ2) is 9.66. The van der Waals surface area contributed by atoms with Crippen LogP contribution in [0.3, 0.4) is 0 Å². The molecule has 0 spiro atoms. The van der Waals surface area contributed by atoms with E-state index in [9.17, 15) is 9.90 Å². The fourth-order valence-corrected chi connectivity index (χ4v) is 4.61. The lowest BCUT2D eigenvalue weighted by atomic mass is 10.0. The number of likely N-dealkylation sites (tertiary alicyclic amines) is 1. The van der Waals surface area contributed by atoms with E-state index in [0.29, 0.717) is 24.7 Å². The highest BCUT2D eigenvalue weighted by molar-refractivity contribution is 6.31. The molecular formula is C22H31ClN4O3. The number of carbonyl (C=O) groups is 1. The normalized spacial score (nSPS) is 23.8. The van der Waals surface area contributed by atoms with Gasteiger partial charge in [0, 0.05) is 53.9 Å². The van der Waals surface area contributed by atoms with Crippen molar-refractivity contribution in [3.63, 3.8) is 0 Å². The molecule has 3 heterocycles. The van der Waals surface area contributed by atoms with Crippen molar-refractivity contribution in [2.45, 2.75) is 57.1 Å². The lowest BCUT2D eigenvalue weighted by molar-refractivity contribution is -0.150. The van der Waals surface area contributed by atoms with Gasteiger partial charge in [0.25, 0.3) is 5.91 Å². The van der Waals surface area contributed by atoms with Crippen LogP contribution in [0.2, 0.25) is 5.02 Å². The second-order valence-corrected chi connectivity index (χ2v) is 8.82. The number of nitrogens with one attached hydrogen (secondary N) is 2. The van der Waals surface area contributed by atoms with Crippen molar-refractivity contribution in [1.82, 2.24) is 20.1 Å². The van der Waals surface area contributed by atoms with Crippen LogP contribution in [-0.4, -0.2) is 71.0 Å². The molecule has 2 fully saturated rings. The van der Waals surface area contributed by atoms with Gasteiger partial charge < -0.3 is 19.7 Å². The van der Waals surface area contributed by atoms with E-state index in [1.54, 1.807) is 0 Å². The number of hydrogen-bond acceptors (Lipinski definition) is 5. The molecular weight excluding hydrogens is 404 g/mol. The van der Waals surface area contributed by atoms with Crippen molar-refractivity contribution in [2.75, 3.05) is 26.7 Å². The van der Waals surface area contributed by atoms with Gasteiger partial charge in [0.2, 0.25) is 0 Å². The maximum Gasteiger partial charge on any atom is 0.251 e. The lowest BCUT2D eigenvalue weighted by Gasteiger charge is -2.40. The van der Waals surface area contributed by atoms with Gasteiger partial charge in [-0.05, 0) is 63.4 Å². The molecule has 3 atom stereocenters. The molecule has 2 unspecified atom stereocenters. The summed E-state index contributed by atoms with van der Waals surface area (Å²) in [5.41, 5.74) is 2.00. The fraction of sp³-hybridized carbons (Fsp3) is 0.591.